The summed E-state index contributed by atoms with van der Waals surface area (Å²) in [6, 6.07) is -0.0796. The predicted octanol–water partition coefficient (Wildman–Crippen LogP) is 1.59. The highest BCUT2D eigenvalue weighted by Crippen LogP contribution is 2.33. The normalized spacial score (nSPS) is 32.6. The first kappa shape index (κ1) is 15.3. The summed E-state index contributed by atoms with van der Waals surface area (Å²) in [4.78, 5) is 13.8. The van der Waals surface area contributed by atoms with Crippen molar-refractivity contribution in [2.24, 2.45) is 0 Å². The van der Waals surface area contributed by atoms with Gasteiger partial charge in [0.2, 0.25) is 10.0 Å². The molecule has 1 amide bonds. The van der Waals surface area contributed by atoms with E-state index in [1.54, 1.807) is 11.0 Å². The molecule has 0 unspecified atom stereocenters. The van der Waals surface area contributed by atoms with Gasteiger partial charge in [0, 0.05) is 18.0 Å². The molecule has 1 saturated heterocycles. The van der Waals surface area contributed by atoms with Crippen LogP contribution in [0, 0.1) is 0 Å². The lowest BCUT2D eigenvalue weighted by atomic mass is 9.85. The standard InChI is InChI=1S/C13H22N2O4S/c1-10-9-13(6-8-20(17,18)14-13)5-7-15(10)11(16)19-12(2,3)4/h6,8,10,14H,5,7,9H2,1-4H3/t10-,13-/m0/s1. The number of hydrogen-bond acceptors (Lipinski definition) is 4. The Morgan fingerprint density at radius 2 is 2.10 bits per heavy atom. The Morgan fingerprint density at radius 3 is 2.55 bits per heavy atom. The number of likely N-dealkylation sites (tertiary alicyclic amines) is 1. The van der Waals surface area contributed by atoms with Crippen LogP contribution in [0.5, 0.6) is 0 Å². The number of amides is 1. The molecule has 2 aliphatic rings. The van der Waals surface area contributed by atoms with Crippen LogP contribution in [-0.4, -0.2) is 43.1 Å². The summed E-state index contributed by atoms with van der Waals surface area (Å²) in [6.45, 7) is 7.87. The van der Waals surface area contributed by atoms with E-state index in [1.165, 1.54) is 5.41 Å². The molecule has 0 aromatic heterocycles. The Hall–Kier alpha value is -1.08. The highest BCUT2D eigenvalue weighted by Gasteiger charge is 2.44. The van der Waals surface area contributed by atoms with Gasteiger partial charge in [-0.05, 0) is 40.5 Å². The highest BCUT2D eigenvalue weighted by molar-refractivity contribution is 7.92. The van der Waals surface area contributed by atoms with Gasteiger partial charge in [-0.2, -0.15) is 0 Å². The largest absolute Gasteiger partial charge is 0.444 e. The maximum atomic E-state index is 12.1. The third-order valence-electron chi connectivity index (χ3n) is 3.53. The van der Waals surface area contributed by atoms with Gasteiger partial charge >= 0.3 is 6.09 Å². The van der Waals surface area contributed by atoms with E-state index in [-0.39, 0.29) is 12.1 Å². The minimum atomic E-state index is -3.31. The Kier molecular flexibility index (Phi) is 3.62. The maximum absolute atomic E-state index is 12.1. The average Bonchev–Trinajstić information content (AvgIpc) is 2.51. The number of ether oxygens (including phenoxy) is 1. The van der Waals surface area contributed by atoms with Crippen molar-refractivity contribution in [1.82, 2.24) is 9.62 Å². The average molecular weight is 302 g/mol. The van der Waals surface area contributed by atoms with Crippen LogP contribution in [0.15, 0.2) is 11.5 Å². The second-order valence-electron chi connectivity index (χ2n) is 6.58. The minimum Gasteiger partial charge on any atom is -0.444 e. The molecule has 0 bridgehead atoms. The van der Waals surface area contributed by atoms with E-state index in [4.69, 9.17) is 4.74 Å². The van der Waals surface area contributed by atoms with Crippen molar-refractivity contribution in [2.75, 3.05) is 6.54 Å². The summed E-state index contributed by atoms with van der Waals surface area (Å²) < 4.78 is 31.1. The molecule has 0 saturated carbocycles. The van der Waals surface area contributed by atoms with E-state index in [1.807, 2.05) is 27.7 Å². The monoisotopic (exact) mass is 302 g/mol. The summed E-state index contributed by atoms with van der Waals surface area (Å²) >= 11 is 0. The van der Waals surface area contributed by atoms with E-state index in [0.717, 1.165) is 0 Å². The van der Waals surface area contributed by atoms with Gasteiger partial charge in [-0.15, -0.1) is 0 Å². The van der Waals surface area contributed by atoms with Crippen LogP contribution in [-0.2, 0) is 14.8 Å². The van der Waals surface area contributed by atoms with Gasteiger partial charge in [0.15, 0.2) is 0 Å². The molecule has 6 nitrogen and oxygen atoms in total. The number of sulfonamides is 1. The smallest absolute Gasteiger partial charge is 0.410 e. The Morgan fingerprint density at radius 1 is 1.45 bits per heavy atom. The van der Waals surface area contributed by atoms with Crippen molar-refractivity contribution in [2.45, 2.75) is 57.7 Å². The predicted molar refractivity (Wildman–Crippen MR) is 75.6 cm³/mol. The van der Waals surface area contributed by atoms with E-state index >= 15 is 0 Å². The van der Waals surface area contributed by atoms with Crippen LogP contribution >= 0.6 is 0 Å². The fourth-order valence-corrected chi connectivity index (χ4v) is 4.01. The molecule has 1 fully saturated rings. The number of nitrogens with one attached hydrogen (secondary N) is 1. The van der Waals surface area contributed by atoms with Gasteiger partial charge in [0.25, 0.3) is 0 Å². The van der Waals surface area contributed by atoms with Gasteiger partial charge in [-0.25, -0.2) is 17.9 Å². The quantitative estimate of drug-likeness (QED) is 0.737. The zero-order chi connectivity index (χ0) is 15.2. The van der Waals surface area contributed by atoms with Gasteiger partial charge in [0.05, 0.1) is 5.54 Å². The minimum absolute atomic E-state index is 0.0796. The van der Waals surface area contributed by atoms with Crippen LogP contribution in [0.3, 0.4) is 0 Å². The highest BCUT2D eigenvalue weighted by atomic mass is 32.2. The summed E-state index contributed by atoms with van der Waals surface area (Å²) in [6.07, 6.45) is 2.48. The molecule has 114 valence electrons. The second kappa shape index (κ2) is 4.73. The topological polar surface area (TPSA) is 75.7 Å². The Bertz CT molecular complexity index is 535. The van der Waals surface area contributed by atoms with Gasteiger partial charge in [-0.3, -0.25) is 0 Å². The van der Waals surface area contributed by atoms with Crippen LogP contribution in [0.4, 0.5) is 4.79 Å². The maximum Gasteiger partial charge on any atom is 0.410 e. The van der Waals surface area contributed by atoms with Gasteiger partial charge in [0.1, 0.15) is 5.60 Å². The fraction of sp³-hybridized carbons (Fsp3) is 0.769. The van der Waals surface area contributed by atoms with E-state index < -0.39 is 21.2 Å². The van der Waals surface area contributed by atoms with Crippen molar-refractivity contribution in [3.05, 3.63) is 11.5 Å². The molecule has 7 heteroatoms. The summed E-state index contributed by atoms with van der Waals surface area (Å²) in [5, 5.41) is 1.21. The number of rotatable bonds is 0. The lowest BCUT2D eigenvalue weighted by Gasteiger charge is -2.42. The fourth-order valence-electron chi connectivity index (χ4n) is 2.69. The van der Waals surface area contributed by atoms with Crippen molar-refractivity contribution in [1.29, 1.82) is 0 Å². The van der Waals surface area contributed by atoms with Gasteiger partial charge < -0.3 is 9.64 Å². The first-order valence-electron chi connectivity index (χ1n) is 6.75. The second-order valence-corrected chi connectivity index (χ2v) is 8.15. The molecule has 2 rings (SSSR count). The van der Waals surface area contributed by atoms with Crippen LogP contribution in [0.1, 0.15) is 40.5 Å². The summed E-state index contributed by atoms with van der Waals surface area (Å²) in [5.41, 5.74) is -1.07. The zero-order valence-corrected chi connectivity index (χ0v) is 13.2. The molecular formula is C13H22N2O4S. The molecular weight excluding hydrogens is 280 g/mol. The lowest BCUT2D eigenvalue weighted by molar-refractivity contribution is 0.00690. The van der Waals surface area contributed by atoms with Crippen molar-refractivity contribution >= 4 is 16.1 Å². The number of carbonyl (C=O) groups excluding carboxylic acids is 1. The molecule has 0 radical (unpaired) electrons. The molecule has 0 aromatic carbocycles. The Labute approximate surface area is 120 Å². The van der Waals surface area contributed by atoms with Crippen LogP contribution in [0.2, 0.25) is 0 Å². The molecule has 2 atom stereocenters. The molecule has 0 aliphatic carbocycles. The molecule has 20 heavy (non-hydrogen) atoms. The number of piperidine rings is 1. The summed E-state index contributed by atoms with van der Waals surface area (Å²) in [5.74, 6) is 0. The number of nitrogens with zero attached hydrogens (tertiary/aromatic N) is 1. The van der Waals surface area contributed by atoms with Crippen LogP contribution in [0.25, 0.3) is 0 Å². The van der Waals surface area contributed by atoms with E-state index in [2.05, 4.69) is 4.72 Å². The third-order valence-corrected chi connectivity index (χ3v) is 4.72. The van der Waals surface area contributed by atoms with E-state index in [0.29, 0.717) is 19.4 Å². The molecule has 2 aliphatic heterocycles. The van der Waals surface area contributed by atoms with Gasteiger partial charge in [-0.1, -0.05) is 6.08 Å². The molecule has 1 N–H and O–H groups in total. The third kappa shape index (κ3) is 3.32. The first-order valence-corrected chi connectivity index (χ1v) is 8.29. The zero-order valence-electron chi connectivity index (χ0n) is 12.3. The molecule has 1 spiro atoms. The van der Waals surface area contributed by atoms with Crippen molar-refractivity contribution < 1.29 is 17.9 Å². The lowest BCUT2D eigenvalue weighted by Crippen LogP contribution is -2.56. The number of hydrogen-bond donors (Lipinski definition) is 1. The SMILES string of the molecule is C[C@H]1C[C@@]2(C=CS(=O)(=O)N2)CCN1C(=O)OC(C)(C)C. The van der Waals surface area contributed by atoms with Crippen LogP contribution < -0.4 is 4.72 Å². The van der Waals surface area contributed by atoms with Crippen molar-refractivity contribution in [3.63, 3.8) is 0 Å². The number of carbonyl (C=O) groups is 1. The molecule has 0 aromatic rings. The Balaban J connectivity index is 2.04. The first-order chi connectivity index (χ1) is 9.02. The van der Waals surface area contributed by atoms with Crippen molar-refractivity contribution in [3.8, 4) is 0 Å². The summed E-state index contributed by atoms with van der Waals surface area (Å²) in [7, 11) is -3.31. The van der Waals surface area contributed by atoms with E-state index in [9.17, 15) is 13.2 Å². The molecule has 2 heterocycles.